The van der Waals surface area contributed by atoms with Crippen LogP contribution in [0.15, 0.2) is 0 Å². The van der Waals surface area contributed by atoms with E-state index in [1.165, 1.54) is 14.2 Å². The van der Waals surface area contributed by atoms with Crippen LogP contribution in [-0.4, -0.2) is 37.4 Å². The lowest BCUT2D eigenvalue weighted by molar-refractivity contribution is -0.141. The molecule has 0 aromatic heterocycles. The van der Waals surface area contributed by atoms with E-state index in [2.05, 4.69) is 9.47 Å². The number of carbonyl (C=O) groups is 2. The molecule has 0 aromatic rings. The number of ether oxygens (including phenoxy) is 2. The minimum absolute atomic E-state index is 0.231. The van der Waals surface area contributed by atoms with Crippen LogP contribution in [0.25, 0.3) is 0 Å². The van der Waals surface area contributed by atoms with Crippen LogP contribution in [0.4, 0.5) is 0 Å². The molecule has 0 radical (unpaired) electrons. The van der Waals surface area contributed by atoms with Gasteiger partial charge in [-0.1, -0.05) is 6.42 Å². The molecule has 0 amide bonds. The molecule has 1 unspecified atom stereocenters. The fourth-order valence-electron chi connectivity index (χ4n) is 1.28. The number of rotatable bonds is 8. The maximum absolute atomic E-state index is 10.8. The summed E-state index contributed by atoms with van der Waals surface area (Å²) in [5.74, 6) is -0.544. The second kappa shape index (κ2) is 9.15. The van der Waals surface area contributed by atoms with Gasteiger partial charge in [0.05, 0.1) is 20.3 Å². The van der Waals surface area contributed by atoms with Gasteiger partial charge in [0.15, 0.2) is 0 Å². The zero-order valence-electron chi connectivity index (χ0n) is 9.90. The second-order valence-corrected chi connectivity index (χ2v) is 3.59. The van der Waals surface area contributed by atoms with Gasteiger partial charge in [-0.3, -0.25) is 9.59 Å². The molecule has 5 heteroatoms. The number of aliphatic hydroxyl groups excluding tert-OH is 1. The van der Waals surface area contributed by atoms with Gasteiger partial charge in [-0.05, 0) is 19.3 Å². The maximum atomic E-state index is 10.8. The lowest BCUT2D eigenvalue weighted by Gasteiger charge is -2.08. The summed E-state index contributed by atoms with van der Waals surface area (Å²) >= 11 is 0. The third-order valence-electron chi connectivity index (χ3n) is 2.31. The van der Waals surface area contributed by atoms with Crippen LogP contribution in [0.3, 0.4) is 0 Å². The topological polar surface area (TPSA) is 72.8 Å². The smallest absolute Gasteiger partial charge is 0.305 e. The number of aliphatic hydroxyl groups is 1. The van der Waals surface area contributed by atoms with Crippen molar-refractivity contribution in [1.82, 2.24) is 0 Å². The summed E-state index contributed by atoms with van der Waals surface area (Å²) < 4.78 is 8.95. The van der Waals surface area contributed by atoms with Gasteiger partial charge in [0.1, 0.15) is 0 Å². The Balaban J connectivity index is 3.40. The summed E-state index contributed by atoms with van der Waals surface area (Å²) in [7, 11) is 2.68. The molecule has 0 saturated carbocycles. The molecule has 0 rings (SSSR count). The van der Waals surface area contributed by atoms with E-state index in [0.29, 0.717) is 25.7 Å². The van der Waals surface area contributed by atoms with E-state index in [1.54, 1.807) is 0 Å². The summed E-state index contributed by atoms with van der Waals surface area (Å²) in [6.07, 6.45) is 2.55. The summed E-state index contributed by atoms with van der Waals surface area (Å²) in [4.78, 5) is 21.5. The standard InChI is InChI=1S/C11H20O5/c1-15-10(13)6-4-3-5-9(12)7-8-11(14)16-2/h9,12H,3-8H2,1-2H3. The van der Waals surface area contributed by atoms with E-state index in [-0.39, 0.29) is 18.4 Å². The molecule has 5 nitrogen and oxygen atoms in total. The van der Waals surface area contributed by atoms with E-state index in [4.69, 9.17) is 0 Å². The Labute approximate surface area is 95.7 Å². The molecule has 16 heavy (non-hydrogen) atoms. The van der Waals surface area contributed by atoms with Crippen LogP contribution in [0.1, 0.15) is 38.5 Å². The molecule has 0 spiro atoms. The monoisotopic (exact) mass is 232 g/mol. The van der Waals surface area contributed by atoms with E-state index in [1.807, 2.05) is 0 Å². The van der Waals surface area contributed by atoms with Crippen molar-refractivity contribution in [1.29, 1.82) is 0 Å². The quantitative estimate of drug-likeness (QED) is 0.500. The van der Waals surface area contributed by atoms with Gasteiger partial charge in [-0.2, -0.15) is 0 Å². The molecule has 1 atom stereocenters. The van der Waals surface area contributed by atoms with Crippen molar-refractivity contribution in [2.75, 3.05) is 14.2 Å². The first-order valence-corrected chi connectivity index (χ1v) is 5.41. The van der Waals surface area contributed by atoms with Crippen molar-refractivity contribution in [2.45, 2.75) is 44.6 Å². The van der Waals surface area contributed by atoms with Crippen molar-refractivity contribution < 1.29 is 24.2 Å². The van der Waals surface area contributed by atoms with E-state index in [0.717, 1.165) is 6.42 Å². The van der Waals surface area contributed by atoms with E-state index >= 15 is 0 Å². The minimum Gasteiger partial charge on any atom is -0.469 e. The molecule has 0 fully saturated rings. The lowest BCUT2D eigenvalue weighted by Crippen LogP contribution is -2.10. The number of esters is 2. The molecule has 0 aromatic carbocycles. The molecule has 0 aliphatic rings. The normalized spacial score (nSPS) is 11.9. The fourth-order valence-corrected chi connectivity index (χ4v) is 1.28. The number of carbonyl (C=O) groups excluding carboxylic acids is 2. The molecule has 0 aliphatic heterocycles. The number of hydrogen-bond acceptors (Lipinski definition) is 5. The number of hydrogen-bond donors (Lipinski definition) is 1. The second-order valence-electron chi connectivity index (χ2n) is 3.59. The van der Waals surface area contributed by atoms with Gasteiger partial charge in [-0.25, -0.2) is 0 Å². The highest BCUT2D eigenvalue weighted by Gasteiger charge is 2.08. The summed E-state index contributed by atoms with van der Waals surface area (Å²) in [5, 5.41) is 9.49. The lowest BCUT2D eigenvalue weighted by atomic mass is 10.1. The third-order valence-corrected chi connectivity index (χ3v) is 2.31. The molecule has 94 valence electrons. The SMILES string of the molecule is COC(=O)CCCCC(O)CCC(=O)OC. The highest BCUT2D eigenvalue weighted by Crippen LogP contribution is 2.09. The Morgan fingerprint density at radius 3 is 2.12 bits per heavy atom. The molecule has 0 heterocycles. The van der Waals surface area contributed by atoms with Gasteiger partial charge in [0.2, 0.25) is 0 Å². The Hall–Kier alpha value is -1.10. The summed E-state index contributed by atoms with van der Waals surface area (Å²) in [6, 6.07) is 0. The molecular formula is C11H20O5. The summed E-state index contributed by atoms with van der Waals surface area (Å²) in [5.41, 5.74) is 0. The van der Waals surface area contributed by atoms with Gasteiger partial charge >= 0.3 is 11.9 Å². The first kappa shape index (κ1) is 14.9. The van der Waals surface area contributed by atoms with Crippen LogP contribution in [0.5, 0.6) is 0 Å². The van der Waals surface area contributed by atoms with Crippen molar-refractivity contribution in [3.63, 3.8) is 0 Å². The highest BCUT2D eigenvalue weighted by atomic mass is 16.5. The van der Waals surface area contributed by atoms with Crippen molar-refractivity contribution >= 4 is 11.9 Å². The van der Waals surface area contributed by atoms with Gasteiger partial charge in [-0.15, -0.1) is 0 Å². The zero-order chi connectivity index (χ0) is 12.4. The van der Waals surface area contributed by atoms with E-state index in [9.17, 15) is 14.7 Å². The Morgan fingerprint density at radius 2 is 1.56 bits per heavy atom. The van der Waals surface area contributed by atoms with Crippen molar-refractivity contribution in [3.8, 4) is 0 Å². The van der Waals surface area contributed by atoms with Crippen LogP contribution in [-0.2, 0) is 19.1 Å². The number of unbranched alkanes of at least 4 members (excludes halogenated alkanes) is 1. The molecule has 0 aliphatic carbocycles. The Bertz CT molecular complexity index is 214. The molecule has 0 bridgehead atoms. The van der Waals surface area contributed by atoms with Crippen LogP contribution >= 0.6 is 0 Å². The molecule has 1 N–H and O–H groups in total. The van der Waals surface area contributed by atoms with Gasteiger partial charge in [0.25, 0.3) is 0 Å². The number of methoxy groups -OCH3 is 2. The average Bonchev–Trinajstić information content (AvgIpc) is 2.31. The largest absolute Gasteiger partial charge is 0.469 e. The van der Waals surface area contributed by atoms with E-state index < -0.39 is 6.10 Å². The fraction of sp³-hybridized carbons (Fsp3) is 0.818. The highest BCUT2D eigenvalue weighted by molar-refractivity contribution is 5.69. The van der Waals surface area contributed by atoms with Crippen molar-refractivity contribution in [3.05, 3.63) is 0 Å². The predicted molar refractivity (Wildman–Crippen MR) is 57.7 cm³/mol. The first-order valence-electron chi connectivity index (χ1n) is 5.41. The Kier molecular flexibility index (Phi) is 8.52. The Morgan fingerprint density at radius 1 is 1.00 bits per heavy atom. The van der Waals surface area contributed by atoms with Gasteiger partial charge in [0, 0.05) is 12.8 Å². The maximum Gasteiger partial charge on any atom is 0.305 e. The van der Waals surface area contributed by atoms with Crippen LogP contribution in [0.2, 0.25) is 0 Å². The first-order chi connectivity index (χ1) is 7.60. The van der Waals surface area contributed by atoms with Crippen LogP contribution in [0, 0.1) is 0 Å². The minimum atomic E-state index is -0.503. The molecular weight excluding hydrogens is 212 g/mol. The summed E-state index contributed by atoms with van der Waals surface area (Å²) in [6.45, 7) is 0. The van der Waals surface area contributed by atoms with Crippen molar-refractivity contribution in [2.24, 2.45) is 0 Å². The predicted octanol–water partition coefficient (Wildman–Crippen LogP) is 1.03. The van der Waals surface area contributed by atoms with Gasteiger partial charge < -0.3 is 14.6 Å². The molecule has 0 saturated heterocycles. The average molecular weight is 232 g/mol. The third kappa shape index (κ3) is 8.23. The zero-order valence-corrected chi connectivity index (χ0v) is 9.90. The van der Waals surface area contributed by atoms with Crippen LogP contribution < -0.4 is 0 Å².